The number of nitrogens with two attached hydrogens (primary N) is 1. The molecule has 1 aliphatic rings. The van der Waals surface area contributed by atoms with Gasteiger partial charge in [-0.2, -0.15) is 0 Å². The molecule has 0 saturated heterocycles. The maximum absolute atomic E-state index is 5.66. The van der Waals surface area contributed by atoms with Crippen LogP contribution in [0.4, 0.5) is 5.13 Å². The molecule has 0 aromatic carbocycles. The average molecular weight is 226 g/mol. The molecule has 0 amide bonds. The number of fused-ring (bicyclic) bond motifs is 1. The molecule has 0 saturated carbocycles. The summed E-state index contributed by atoms with van der Waals surface area (Å²) in [4.78, 5) is 10.4. The first-order valence-electron chi connectivity index (χ1n) is 5.26. The van der Waals surface area contributed by atoms with Crippen molar-refractivity contribution < 1.29 is 0 Å². The van der Waals surface area contributed by atoms with Crippen molar-refractivity contribution in [2.75, 3.05) is 32.9 Å². The normalized spacial score (nSPS) is 16.2. The van der Waals surface area contributed by atoms with Gasteiger partial charge >= 0.3 is 0 Å². The van der Waals surface area contributed by atoms with Crippen molar-refractivity contribution >= 4 is 16.5 Å². The van der Waals surface area contributed by atoms with E-state index in [0.717, 1.165) is 26.2 Å². The molecule has 0 spiro atoms. The summed E-state index contributed by atoms with van der Waals surface area (Å²) in [5.74, 6) is 0. The molecule has 0 unspecified atom stereocenters. The van der Waals surface area contributed by atoms with E-state index in [0.29, 0.717) is 5.13 Å². The molecule has 2 heterocycles. The Morgan fingerprint density at radius 1 is 1.47 bits per heavy atom. The lowest BCUT2D eigenvalue weighted by molar-refractivity contribution is 0.261. The minimum atomic E-state index is 0.716. The molecule has 0 fully saturated rings. The Kier molecular flexibility index (Phi) is 3.23. The van der Waals surface area contributed by atoms with Crippen LogP contribution in [0.5, 0.6) is 0 Å². The molecule has 2 N–H and O–H groups in total. The monoisotopic (exact) mass is 226 g/mol. The van der Waals surface area contributed by atoms with E-state index in [1.165, 1.54) is 17.0 Å². The smallest absolute Gasteiger partial charge is 0.180 e. The van der Waals surface area contributed by atoms with Crippen LogP contribution in [0.15, 0.2) is 0 Å². The molecular weight excluding hydrogens is 208 g/mol. The molecular formula is C10H18N4S. The number of nitrogens with zero attached hydrogens (tertiary/aromatic N) is 3. The quantitative estimate of drug-likeness (QED) is 0.831. The van der Waals surface area contributed by atoms with E-state index >= 15 is 0 Å². The second kappa shape index (κ2) is 4.47. The molecule has 0 radical (unpaired) electrons. The first-order chi connectivity index (χ1) is 7.15. The lowest BCUT2D eigenvalue weighted by Gasteiger charge is -2.16. The predicted molar refractivity (Wildman–Crippen MR) is 63.8 cm³/mol. The molecule has 4 nitrogen and oxygen atoms in total. The topological polar surface area (TPSA) is 45.4 Å². The van der Waals surface area contributed by atoms with Crippen molar-refractivity contribution in [1.82, 2.24) is 14.8 Å². The van der Waals surface area contributed by atoms with E-state index in [1.54, 1.807) is 11.3 Å². The van der Waals surface area contributed by atoms with Gasteiger partial charge in [0, 0.05) is 24.5 Å². The maximum Gasteiger partial charge on any atom is 0.180 e. The van der Waals surface area contributed by atoms with E-state index in [-0.39, 0.29) is 0 Å². The van der Waals surface area contributed by atoms with Crippen molar-refractivity contribution in [3.8, 4) is 0 Å². The van der Waals surface area contributed by atoms with Crippen molar-refractivity contribution in [3.63, 3.8) is 0 Å². The van der Waals surface area contributed by atoms with E-state index in [2.05, 4.69) is 28.9 Å². The third-order valence-electron chi connectivity index (χ3n) is 2.62. The molecule has 5 heteroatoms. The van der Waals surface area contributed by atoms with E-state index < -0.39 is 0 Å². The Bertz CT molecular complexity index is 311. The zero-order valence-corrected chi connectivity index (χ0v) is 10.2. The zero-order valence-electron chi connectivity index (χ0n) is 9.36. The van der Waals surface area contributed by atoms with Crippen molar-refractivity contribution in [3.05, 3.63) is 10.6 Å². The first-order valence-corrected chi connectivity index (χ1v) is 6.08. The molecule has 15 heavy (non-hydrogen) atoms. The van der Waals surface area contributed by atoms with Gasteiger partial charge in [-0.1, -0.05) is 0 Å². The van der Waals surface area contributed by atoms with Crippen LogP contribution in [0.25, 0.3) is 0 Å². The molecule has 0 aliphatic carbocycles. The second-order valence-electron chi connectivity index (χ2n) is 4.29. The lowest BCUT2D eigenvalue weighted by atomic mass is 10.4. The third-order valence-corrected chi connectivity index (χ3v) is 3.53. The third kappa shape index (κ3) is 2.68. The molecule has 1 aromatic rings. The number of nitrogen functional groups attached to an aromatic ring is 1. The van der Waals surface area contributed by atoms with Gasteiger partial charge in [-0.15, -0.1) is 11.3 Å². The van der Waals surface area contributed by atoms with Gasteiger partial charge < -0.3 is 10.6 Å². The van der Waals surface area contributed by atoms with Gasteiger partial charge in [0.05, 0.1) is 5.69 Å². The first kappa shape index (κ1) is 10.9. The summed E-state index contributed by atoms with van der Waals surface area (Å²) in [5, 5.41) is 0.716. The van der Waals surface area contributed by atoms with Gasteiger partial charge in [0.25, 0.3) is 0 Å². The number of hydrogen-bond acceptors (Lipinski definition) is 5. The molecule has 0 atom stereocenters. The van der Waals surface area contributed by atoms with Crippen LogP contribution in [0.1, 0.15) is 17.0 Å². The van der Waals surface area contributed by atoms with E-state index in [9.17, 15) is 0 Å². The summed E-state index contributed by atoms with van der Waals surface area (Å²) in [5.41, 5.74) is 6.85. The van der Waals surface area contributed by atoms with Crippen LogP contribution in [0.3, 0.4) is 0 Å². The van der Waals surface area contributed by atoms with Crippen molar-refractivity contribution in [2.45, 2.75) is 19.5 Å². The Morgan fingerprint density at radius 2 is 2.27 bits per heavy atom. The number of rotatable bonds is 4. The number of hydrogen-bond donors (Lipinski definition) is 1. The Hall–Kier alpha value is -0.650. The fraction of sp³-hybridized carbons (Fsp3) is 0.700. The zero-order chi connectivity index (χ0) is 10.8. The largest absolute Gasteiger partial charge is 0.375 e. The Labute approximate surface area is 94.7 Å². The van der Waals surface area contributed by atoms with Crippen LogP contribution in [0, 0.1) is 0 Å². The van der Waals surface area contributed by atoms with Gasteiger partial charge in [0.2, 0.25) is 0 Å². The van der Waals surface area contributed by atoms with Gasteiger partial charge in [0.1, 0.15) is 0 Å². The molecule has 0 bridgehead atoms. The van der Waals surface area contributed by atoms with Gasteiger partial charge in [0.15, 0.2) is 5.13 Å². The highest BCUT2D eigenvalue weighted by atomic mass is 32.1. The Balaban J connectivity index is 1.78. The van der Waals surface area contributed by atoms with Crippen molar-refractivity contribution in [2.24, 2.45) is 0 Å². The van der Waals surface area contributed by atoms with Crippen LogP contribution in [0.2, 0.25) is 0 Å². The molecule has 1 aromatic heterocycles. The minimum Gasteiger partial charge on any atom is -0.375 e. The van der Waals surface area contributed by atoms with Gasteiger partial charge in [-0.25, -0.2) is 4.98 Å². The summed E-state index contributed by atoms with van der Waals surface area (Å²) in [7, 11) is 4.23. The standard InChI is InChI=1S/C10H18N4S/c1-13(2)4-3-5-14-6-8-9(7-14)15-10(11)12-8/h3-7H2,1-2H3,(H2,11,12). The summed E-state index contributed by atoms with van der Waals surface area (Å²) in [6.45, 7) is 4.33. The van der Waals surface area contributed by atoms with Crippen molar-refractivity contribution in [1.29, 1.82) is 0 Å². The van der Waals surface area contributed by atoms with E-state index in [1.807, 2.05) is 0 Å². The highest BCUT2D eigenvalue weighted by Gasteiger charge is 2.22. The highest BCUT2D eigenvalue weighted by Crippen LogP contribution is 2.29. The van der Waals surface area contributed by atoms with Crippen LogP contribution in [-0.2, 0) is 13.1 Å². The number of aromatic nitrogens is 1. The Morgan fingerprint density at radius 3 is 2.93 bits per heavy atom. The fourth-order valence-electron chi connectivity index (χ4n) is 1.89. The van der Waals surface area contributed by atoms with Gasteiger partial charge in [-0.05, 0) is 27.1 Å². The molecule has 1 aliphatic heterocycles. The van der Waals surface area contributed by atoms with E-state index in [4.69, 9.17) is 5.73 Å². The van der Waals surface area contributed by atoms with Crippen LogP contribution >= 0.6 is 11.3 Å². The van der Waals surface area contributed by atoms with Crippen LogP contribution < -0.4 is 5.73 Å². The van der Waals surface area contributed by atoms with Gasteiger partial charge in [-0.3, -0.25) is 4.90 Å². The SMILES string of the molecule is CN(C)CCCN1Cc2nc(N)sc2C1. The summed E-state index contributed by atoms with van der Waals surface area (Å²) < 4.78 is 0. The number of anilines is 1. The van der Waals surface area contributed by atoms with Crippen LogP contribution in [-0.4, -0.2) is 42.0 Å². The minimum absolute atomic E-state index is 0.716. The second-order valence-corrected chi connectivity index (χ2v) is 5.40. The number of thiazole rings is 1. The lowest BCUT2D eigenvalue weighted by Crippen LogP contribution is -2.22. The molecule has 2 rings (SSSR count). The molecule has 84 valence electrons. The summed E-state index contributed by atoms with van der Waals surface area (Å²) in [6.07, 6.45) is 1.22. The average Bonchev–Trinajstić information content (AvgIpc) is 2.60. The maximum atomic E-state index is 5.66. The highest BCUT2D eigenvalue weighted by molar-refractivity contribution is 7.15. The fourth-order valence-corrected chi connectivity index (χ4v) is 2.77. The predicted octanol–water partition coefficient (Wildman–Crippen LogP) is 0.993. The summed E-state index contributed by atoms with van der Waals surface area (Å²) >= 11 is 1.63. The summed E-state index contributed by atoms with van der Waals surface area (Å²) in [6, 6.07) is 0.